The summed E-state index contributed by atoms with van der Waals surface area (Å²) in [5, 5.41) is 0.845. The summed E-state index contributed by atoms with van der Waals surface area (Å²) in [5.74, 6) is 1.31. The maximum atomic E-state index is 12.2. The van der Waals surface area contributed by atoms with E-state index in [2.05, 4.69) is 0 Å². The highest BCUT2D eigenvalue weighted by atomic mass is 16.5. The van der Waals surface area contributed by atoms with Crippen molar-refractivity contribution in [3.8, 4) is 11.5 Å². The third kappa shape index (κ3) is 2.17. The van der Waals surface area contributed by atoms with Gasteiger partial charge in [0.05, 0.1) is 19.7 Å². The molecule has 1 aromatic carbocycles. The van der Waals surface area contributed by atoms with E-state index < -0.39 is 0 Å². The van der Waals surface area contributed by atoms with E-state index in [0.717, 1.165) is 10.9 Å². The van der Waals surface area contributed by atoms with Gasteiger partial charge in [0.15, 0.2) is 0 Å². The quantitative estimate of drug-likeness (QED) is 0.912. The first-order valence-corrected chi connectivity index (χ1v) is 6.00. The number of aromatic nitrogens is 1. The van der Waals surface area contributed by atoms with Gasteiger partial charge in [-0.2, -0.15) is 0 Å². The average molecular weight is 262 g/mol. The van der Waals surface area contributed by atoms with E-state index in [9.17, 15) is 4.79 Å². The number of hydrogen-bond acceptors (Lipinski definition) is 4. The molecular weight excluding hydrogens is 244 g/mol. The van der Waals surface area contributed by atoms with Crippen LogP contribution in [0.15, 0.2) is 23.0 Å². The minimum atomic E-state index is -0.324. The number of rotatable bonds is 3. The van der Waals surface area contributed by atoms with Crippen molar-refractivity contribution in [3.05, 3.63) is 34.1 Å². The van der Waals surface area contributed by atoms with Crippen molar-refractivity contribution in [1.29, 1.82) is 0 Å². The Balaban J connectivity index is 2.91. The Kier molecular flexibility index (Phi) is 3.48. The summed E-state index contributed by atoms with van der Waals surface area (Å²) >= 11 is 0. The molecule has 102 valence electrons. The van der Waals surface area contributed by atoms with E-state index in [-0.39, 0.29) is 11.6 Å². The lowest BCUT2D eigenvalue weighted by Gasteiger charge is -2.14. The second kappa shape index (κ2) is 4.93. The summed E-state index contributed by atoms with van der Waals surface area (Å²) in [6, 6.07) is 5.07. The van der Waals surface area contributed by atoms with Gasteiger partial charge in [-0.15, -0.1) is 0 Å². The molecule has 0 spiro atoms. The highest BCUT2D eigenvalue weighted by molar-refractivity contribution is 5.87. The molecule has 0 bridgehead atoms. The fourth-order valence-electron chi connectivity index (χ4n) is 2.14. The highest BCUT2D eigenvalue weighted by Crippen LogP contribution is 2.31. The molecule has 0 aliphatic rings. The van der Waals surface area contributed by atoms with Crippen molar-refractivity contribution < 1.29 is 9.47 Å². The Morgan fingerprint density at radius 1 is 1.21 bits per heavy atom. The summed E-state index contributed by atoms with van der Waals surface area (Å²) in [5.41, 5.74) is 7.07. The third-order valence-corrected chi connectivity index (χ3v) is 3.25. The van der Waals surface area contributed by atoms with Crippen LogP contribution < -0.4 is 20.8 Å². The number of ether oxygens (including phenoxy) is 2. The first-order valence-electron chi connectivity index (χ1n) is 6.00. The average Bonchev–Trinajstić information content (AvgIpc) is 2.41. The van der Waals surface area contributed by atoms with Crippen LogP contribution in [0.25, 0.3) is 10.9 Å². The molecule has 2 N–H and O–H groups in total. The van der Waals surface area contributed by atoms with Gasteiger partial charge in [-0.3, -0.25) is 4.79 Å². The van der Waals surface area contributed by atoms with Crippen molar-refractivity contribution in [2.75, 3.05) is 14.2 Å². The Bertz CT molecular complexity index is 674. The number of aryl methyl sites for hydroxylation is 1. The topological polar surface area (TPSA) is 66.5 Å². The molecule has 5 nitrogen and oxygen atoms in total. The van der Waals surface area contributed by atoms with Crippen molar-refractivity contribution in [2.24, 2.45) is 12.8 Å². The molecule has 1 unspecified atom stereocenters. The number of methoxy groups -OCH3 is 2. The van der Waals surface area contributed by atoms with Gasteiger partial charge in [-0.1, -0.05) is 0 Å². The first kappa shape index (κ1) is 13.4. The van der Waals surface area contributed by atoms with Crippen LogP contribution in [0.3, 0.4) is 0 Å². The molecule has 0 radical (unpaired) electrons. The van der Waals surface area contributed by atoms with Gasteiger partial charge < -0.3 is 19.8 Å². The molecule has 1 aromatic heterocycles. The molecule has 0 amide bonds. The maximum Gasteiger partial charge on any atom is 0.255 e. The number of fused-ring (bicyclic) bond motifs is 1. The Labute approximate surface area is 111 Å². The van der Waals surface area contributed by atoms with Gasteiger partial charge in [0.1, 0.15) is 11.5 Å². The van der Waals surface area contributed by atoms with E-state index in [4.69, 9.17) is 15.2 Å². The summed E-state index contributed by atoms with van der Waals surface area (Å²) in [7, 11) is 4.88. The molecule has 0 saturated carbocycles. The lowest BCUT2D eigenvalue weighted by atomic mass is 10.1. The largest absolute Gasteiger partial charge is 0.497 e. The minimum Gasteiger partial charge on any atom is -0.497 e. The first-order chi connectivity index (χ1) is 8.99. The van der Waals surface area contributed by atoms with Crippen LogP contribution in [0.1, 0.15) is 18.5 Å². The predicted molar refractivity (Wildman–Crippen MR) is 74.9 cm³/mol. The van der Waals surface area contributed by atoms with Crippen LogP contribution in [0.4, 0.5) is 0 Å². The fourth-order valence-corrected chi connectivity index (χ4v) is 2.14. The summed E-state index contributed by atoms with van der Waals surface area (Å²) in [4.78, 5) is 12.2. The van der Waals surface area contributed by atoms with Crippen molar-refractivity contribution >= 4 is 10.9 Å². The molecule has 0 aliphatic heterocycles. The van der Waals surface area contributed by atoms with Gasteiger partial charge in [0, 0.05) is 36.2 Å². The van der Waals surface area contributed by atoms with Crippen LogP contribution in [-0.4, -0.2) is 18.8 Å². The van der Waals surface area contributed by atoms with Gasteiger partial charge in [-0.25, -0.2) is 0 Å². The number of benzene rings is 1. The van der Waals surface area contributed by atoms with Crippen LogP contribution >= 0.6 is 0 Å². The smallest absolute Gasteiger partial charge is 0.255 e. The van der Waals surface area contributed by atoms with Crippen LogP contribution in [0.5, 0.6) is 11.5 Å². The molecule has 2 aromatic rings. The second-order valence-corrected chi connectivity index (χ2v) is 4.51. The summed E-state index contributed by atoms with van der Waals surface area (Å²) in [6.45, 7) is 1.79. The maximum absolute atomic E-state index is 12.2. The Hall–Kier alpha value is -2.01. The standard InChI is InChI=1S/C14H18N2O3/c1-8(15)10-7-11-12(16(2)14(10)17)5-9(18-3)6-13(11)19-4/h5-8H,15H2,1-4H3. The van der Waals surface area contributed by atoms with E-state index in [1.54, 1.807) is 44.9 Å². The van der Waals surface area contributed by atoms with Crippen molar-refractivity contribution in [2.45, 2.75) is 13.0 Å². The Morgan fingerprint density at radius 3 is 2.42 bits per heavy atom. The molecule has 0 saturated heterocycles. The van der Waals surface area contributed by atoms with E-state index >= 15 is 0 Å². The van der Waals surface area contributed by atoms with E-state index in [1.807, 2.05) is 6.07 Å². The molecule has 0 aliphatic carbocycles. The molecule has 2 rings (SSSR count). The van der Waals surface area contributed by atoms with E-state index in [1.165, 1.54) is 0 Å². The van der Waals surface area contributed by atoms with Crippen molar-refractivity contribution in [1.82, 2.24) is 4.57 Å². The predicted octanol–water partition coefficient (Wildman–Crippen LogP) is 1.58. The SMILES string of the molecule is COc1cc(OC)c2cc(C(C)N)c(=O)n(C)c2c1. The minimum absolute atomic E-state index is 0.0993. The van der Waals surface area contributed by atoms with Gasteiger partial charge in [0.2, 0.25) is 0 Å². The number of hydrogen-bond donors (Lipinski definition) is 1. The summed E-state index contributed by atoms with van der Waals surface area (Å²) in [6.07, 6.45) is 0. The zero-order valence-corrected chi connectivity index (χ0v) is 11.6. The highest BCUT2D eigenvalue weighted by Gasteiger charge is 2.14. The molecule has 5 heteroatoms. The zero-order valence-electron chi connectivity index (χ0n) is 11.6. The lowest BCUT2D eigenvalue weighted by molar-refractivity contribution is 0.397. The third-order valence-electron chi connectivity index (χ3n) is 3.25. The molecular formula is C14H18N2O3. The normalized spacial score (nSPS) is 12.5. The van der Waals surface area contributed by atoms with Gasteiger partial charge in [-0.05, 0) is 13.0 Å². The number of pyridine rings is 1. The monoisotopic (exact) mass is 262 g/mol. The molecule has 19 heavy (non-hydrogen) atoms. The Morgan fingerprint density at radius 2 is 1.89 bits per heavy atom. The molecule has 1 heterocycles. The van der Waals surface area contributed by atoms with E-state index in [0.29, 0.717) is 17.1 Å². The second-order valence-electron chi connectivity index (χ2n) is 4.51. The van der Waals surface area contributed by atoms with Crippen molar-refractivity contribution in [3.63, 3.8) is 0 Å². The molecule has 0 fully saturated rings. The fraction of sp³-hybridized carbons (Fsp3) is 0.357. The van der Waals surface area contributed by atoms with Crippen LogP contribution in [-0.2, 0) is 7.05 Å². The van der Waals surface area contributed by atoms with Gasteiger partial charge >= 0.3 is 0 Å². The van der Waals surface area contributed by atoms with Crippen LogP contribution in [0, 0.1) is 0 Å². The zero-order chi connectivity index (χ0) is 14.2. The number of nitrogens with two attached hydrogens (primary N) is 1. The van der Waals surface area contributed by atoms with Crippen LogP contribution in [0.2, 0.25) is 0 Å². The number of nitrogens with zero attached hydrogens (tertiary/aromatic N) is 1. The van der Waals surface area contributed by atoms with Gasteiger partial charge in [0.25, 0.3) is 5.56 Å². The molecule has 1 atom stereocenters. The summed E-state index contributed by atoms with van der Waals surface area (Å²) < 4.78 is 12.1. The lowest BCUT2D eigenvalue weighted by Crippen LogP contribution is -2.25.